The molecule has 0 bridgehead atoms. The summed E-state index contributed by atoms with van der Waals surface area (Å²) in [5.74, 6) is 2.27. The minimum Gasteiger partial charge on any atom is -0.380 e. The molecular formula is C15H23ClN2O2S. The molecule has 1 heterocycles. The zero-order valence-electron chi connectivity index (χ0n) is 12.3. The Labute approximate surface area is 136 Å². The number of amides is 1. The van der Waals surface area contributed by atoms with Gasteiger partial charge in [-0.25, -0.2) is 0 Å². The predicted octanol–water partition coefficient (Wildman–Crippen LogP) is 1.97. The summed E-state index contributed by atoms with van der Waals surface area (Å²) in [4.78, 5) is 12.0. The van der Waals surface area contributed by atoms with E-state index in [4.69, 9.17) is 4.74 Å². The average Bonchev–Trinajstić information content (AvgIpc) is 2.48. The van der Waals surface area contributed by atoms with E-state index in [-0.39, 0.29) is 18.3 Å². The van der Waals surface area contributed by atoms with Crippen molar-refractivity contribution < 1.29 is 9.53 Å². The van der Waals surface area contributed by atoms with Crippen LogP contribution in [0, 0.1) is 0 Å². The maximum atomic E-state index is 12.0. The van der Waals surface area contributed by atoms with Gasteiger partial charge in [-0.15, -0.1) is 12.4 Å². The van der Waals surface area contributed by atoms with Gasteiger partial charge >= 0.3 is 0 Å². The fourth-order valence-electron chi connectivity index (χ4n) is 2.27. The Morgan fingerprint density at radius 2 is 2.19 bits per heavy atom. The van der Waals surface area contributed by atoms with Gasteiger partial charge in [0.2, 0.25) is 5.91 Å². The van der Waals surface area contributed by atoms with Crippen LogP contribution < -0.4 is 10.6 Å². The molecule has 1 aromatic carbocycles. The summed E-state index contributed by atoms with van der Waals surface area (Å²) in [5, 5.41) is 6.38. The van der Waals surface area contributed by atoms with Crippen LogP contribution in [0.25, 0.3) is 0 Å². The van der Waals surface area contributed by atoms with E-state index >= 15 is 0 Å². The average molecular weight is 331 g/mol. The molecule has 118 valence electrons. The van der Waals surface area contributed by atoms with E-state index in [1.54, 1.807) is 7.11 Å². The monoisotopic (exact) mass is 330 g/mol. The number of thioether (sulfide) groups is 1. The van der Waals surface area contributed by atoms with Crippen LogP contribution in [0.1, 0.15) is 17.5 Å². The van der Waals surface area contributed by atoms with Crippen LogP contribution in [0.2, 0.25) is 0 Å². The molecule has 2 rings (SSSR count). The number of hydrogen-bond acceptors (Lipinski definition) is 4. The lowest BCUT2D eigenvalue weighted by molar-refractivity contribution is -0.121. The van der Waals surface area contributed by atoms with Crippen molar-refractivity contribution in [3.8, 4) is 0 Å². The fourth-order valence-corrected chi connectivity index (χ4v) is 3.22. The van der Waals surface area contributed by atoms with Crippen molar-refractivity contribution in [2.45, 2.75) is 25.6 Å². The second kappa shape index (κ2) is 10.1. The molecule has 0 saturated carbocycles. The summed E-state index contributed by atoms with van der Waals surface area (Å²) in [5.41, 5.74) is 2.25. The number of benzene rings is 1. The Bertz CT molecular complexity index is 439. The van der Waals surface area contributed by atoms with Gasteiger partial charge in [0.25, 0.3) is 0 Å². The van der Waals surface area contributed by atoms with Gasteiger partial charge in [-0.2, -0.15) is 11.8 Å². The van der Waals surface area contributed by atoms with Crippen LogP contribution in [0.4, 0.5) is 0 Å². The molecule has 21 heavy (non-hydrogen) atoms. The Morgan fingerprint density at radius 1 is 1.43 bits per heavy atom. The van der Waals surface area contributed by atoms with Crippen LogP contribution in [-0.2, 0) is 22.7 Å². The van der Waals surface area contributed by atoms with Crippen LogP contribution in [0.15, 0.2) is 24.3 Å². The van der Waals surface area contributed by atoms with E-state index in [1.807, 2.05) is 36.0 Å². The molecule has 0 radical (unpaired) electrons. The fraction of sp³-hybridized carbons (Fsp3) is 0.533. The molecular weight excluding hydrogens is 308 g/mol. The van der Waals surface area contributed by atoms with Crippen molar-refractivity contribution in [3.63, 3.8) is 0 Å². The molecule has 1 amide bonds. The lowest BCUT2D eigenvalue weighted by Gasteiger charge is -2.22. The van der Waals surface area contributed by atoms with E-state index in [0.29, 0.717) is 25.6 Å². The molecule has 0 aromatic heterocycles. The van der Waals surface area contributed by atoms with Gasteiger partial charge in [0.1, 0.15) is 0 Å². The number of carbonyl (C=O) groups excluding carboxylic acids is 1. The second-order valence-electron chi connectivity index (χ2n) is 4.91. The zero-order valence-corrected chi connectivity index (χ0v) is 13.9. The lowest BCUT2D eigenvalue weighted by Crippen LogP contribution is -2.41. The smallest absolute Gasteiger partial charge is 0.221 e. The van der Waals surface area contributed by atoms with Gasteiger partial charge in [0.15, 0.2) is 0 Å². The van der Waals surface area contributed by atoms with E-state index in [0.717, 1.165) is 29.2 Å². The molecule has 4 nitrogen and oxygen atoms in total. The van der Waals surface area contributed by atoms with Crippen molar-refractivity contribution in [1.29, 1.82) is 0 Å². The van der Waals surface area contributed by atoms with Crippen molar-refractivity contribution in [1.82, 2.24) is 10.6 Å². The van der Waals surface area contributed by atoms with Gasteiger partial charge in [-0.3, -0.25) is 4.79 Å². The summed E-state index contributed by atoms with van der Waals surface area (Å²) in [6, 6.07) is 8.35. The quantitative estimate of drug-likeness (QED) is 0.837. The standard InChI is InChI=1S/C15H22N2O2S.ClH/c1-19-10-13-5-3-2-4-12(13)9-17-15(18)8-14-11-20-7-6-16-14;/h2-5,14,16H,6-11H2,1H3,(H,17,18);1H. The molecule has 1 aliphatic rings. The van der Waals surface area contributed by atoms with Crippen LogP contribution in [0.3, 0.4) is 0 Å². The Kier molecular flexibility index (Phi) is 8.76. The van der Waals surface area contributed by atoms with Gasteiger partial charge in [0.05, 0.1) is 6.61 Å². The lowest BCUT2D eigenvalue weighted by atomic mass is 10.1. The van der Waals surface area contributed by atoms with Crippen molar-refractivity contribution in [3.05, 3.63) is 35.4 Å². The minimum absolute atomic E-state index is 0. The van der Waals surface area contributed by atoms with E-state index < -0.39 is 0 Å². The van der Waals surface area contributed by atoms with Gasteiger partial charge in [-0.1, -0.05) is 24.3 Å². The third kappa shape index (κ3) is 6.26. The molecule has 6 heteroatoms. The van der Waals surface area contributed by atoms with E-state index in [2.05, 4.69) is 10.6 Å². The van der Waals surface area contributed by atoms with Crippen molar-refractivity contribution in [2.75, 3.05) is 25.2 Å². The van der Waals surface area contributed by atoms with E-state index in [9.17, 15) is 4.79 Å². The molecule has 2 N–H and O–H groups in total. The number of halogens is 1. The first-order valence-electron chi connectivity index (χ1n) is 6.93. The number of rotatable bonds is 6. The highest BCUT2D eigenvalue weighted by molar-refractivity contribution is 7.99. The van der Waals surface area contributed by atoms with Crippen LogP contribution in [-0.4, -0.2) is 37.1 Å². The molecule has 0 spiro atoms. The molecule has 1 atom stereocenters. The van der Waals surface area contributed by atoms with Crippen LogP contribution >= 0.6 is 24.2 Å². The summed E-state index contributed by atoms with van der Waals surface area (Å²) in [7, 11) is 1.68. The van der Waals surface area contributed by atoms with Gasteiger partial charge in [0, 0.05) is 44.2 Å². The number of hydrogen-bond donors (Lipinski definition) is 2. The maximum Gasteiger partial charge on any atom is 0.221 e. The third-order valence-electron chi connectivity index (χ3n) is 3.32. The predicted molar refractivity (Wildman–Crippen MR) is 90.0 cm³/mol. The molecule has 1 aromatic rings. The highest BCUT2D eigenvalue weighted by Gasteiger charge is 2.16. The number of nitrogens with one attached hydrogen (secondary N) is 2. The van der Waals surface area contributed by atoms with Crippen LogP contribution in [0.5, 0.6) is 0 Å². The number of ether oxygens (including phenoxy) is 1. The van der Waals surface area contributed by atoms with E-state index in [1.165, 1.54) is 0 Å². The Hall–Kier alpha value is -0.750. The number of methoxy groups -OCH3 is 1. The largest absolute Gasteiger partial charge is 0.380 e. The molecule has 0 aliphatic carbocycles. The second-order valence-corrected chi connectivity index (χ2v) is 6.06. The summed E-state index contributed by atoms with van der Waals surface area (Å²) >= 11 is 1.91. The topological polar surface area (TPSA) is 50.4 Å². The first-order chi connectivity index (χ1) is 9.79. The molecule has 1 aliphatic heterocycles. The summed E-state index contributed by atoms with van der Waals surface area (Å²) in [6.07, 6.45) is 0.555. The Morgan fingerprint density at radius 3 is 2.86 bits per heavy atom. The summed E-state index contributed by atoms with van der Waals surface area (Å²) < 4.78 is 5.17. The first-order valence-corrected chi connectivity index (χ1v) is 8.08. The van der Waals surface area contributed by atoms with Crippen molar-refractivity contribution >= 4 is 30.1 Å². The number of carbonyl (C=O) groups is 1. The SMILES string of the molecule is COCc1ccccc1CNC(=O)CC1CSCCN1.Cl. The van der Waals surface area contributed by atoms with Crippen molar-refractivity contribution in [2.24, 2.45) is 0 Å². The minimum atomic E-state index is 0. The molecule has 1 saturated heterocycles. The third-order valence-corrected chi connectivity index (χ3v) is 4.46. The normalized spacial score (nSPS) is 17.9. The Balaban J connectivity index is 0.00000220. The molecule has 1 fully saturated rings. The van der Waals surface area contributed by atoms with Gasteiger partial charge in [-0.05, 0) is 11.1 Å². The highest BCUT2D eigenvalue weighted by Crippen LogP contribution is 2.11. The maximum absolute atomic E-state index is 12.0. The molecule has 1 unspecified atom stereocenters. The van der Waals surface area contributed by atoms with Gasteiger partial charge < -0.3 is 15.4 Å². The zero-order chi connectivity index (χ0) is 14.2. The summed E-state index contributed by atoms with van der Waals surface area (Å²) in [6.45, 7) is 2.14. The first kappa shape index (κ1) is 18.3. The highest BCUT2D eigenvalue weighted by atomic mass is 35.5.